The Morgan fingerprint density at radius 3 is 2.44 bits per heavy atom. The van der Waals surface area contributed by atoms with Gasteiger partial charge in [0, 0.05) is 18.0 Å². The zero-order valence-electron chi connectivity index (χ0n) is 9.47. The molecule has 0 radical (unpaired) electrons. The minimum atomic E-state index is 0.254. The Balaban J connectivity index is 2.28. The summed E-state index contributed by atoms with van der Waals surface area (Å²) >= 11 is 0. The lowest BCUT2D eigenvalue weighted by atomic mass is 10.1. The van der Waals surface area contributed by atoms with E-state index in [0.717, 1.165) is 11.1 Å². The van der Waals surface area contributed by atoms with E-state index in [0.29, 0.717) is 18.3 Å². The first kappa shape index (κ1) is 10.8. The molecule has 0 saturated heterocycles. The van der Waals surface area contributed by atoms with E-state index in [1.807, 2.05) is 38.1 Å². The molecule has 2 aromatic rings. The summed E-state index contributed by atoms with van der Waals surface area (Å²) < 4.78 is 5.15. The number of nitrogens with two attached hydrogens (primary N) is 1. The molecular formula is C12H15N3O. The second-order valence-electron chi connectivity index (χ2n) is 4.01. The van der Waals surface area contributed by atoms with Gasteiger partial charge >= 0.3 is 0 Å². The van der Waals surface area contributed by atoms with Crippen molar-refractivity contribution in [2.45, 2.75) is 26.3 Å². The average molecular weight is 217 g/mol. The highest BCUT2D eigenvalue weighted by Crippen LogP contribution is 2.19. The molecule has 0 atom stereocenters. The van der Waals surface area contributed by atoms with Crippen molar-refractivity contribution in [3.05, 3.63) is 35.7 Å². The first-order chi connectivity index (χ1) is 7.70. The molecular weight excluding hydrogens is 202 g/mol. The third-order valence-electron chi connectivity index (χ3n) is 2.38. The van der Waals surface area contributed by atoms with Crippen LogP contribution in [0.1, 0.15) is 31.2 Å². The fraction of sp³-hybridized carbons (Fsp3) is 0.333. The molecule has 4 nitrogen and oxygen atoms in total. The summed E-state index contributed by atoms with van der Waals surface area (Å²) in [6, 6.07) is 7.86. The number of hydrogen-bond acceptors (Lipinski definition) is 4. The van der Waals surface area contributed by atoms with Gasteiger partial charge in [0.1, 0.15) is 0 Å². The van der Waals surface area contributed by atoms with Crippen LogP contribution >= 0.6 is 0 Å². The molecule has 1 aromatic carbocycles. The standard InChI is InChI=1S/C12H15N3O/c1-8(2)12-14-11(15-16-12)10-5-3-9(7-13)4-6-10/h3-6,8H,7,13H2,1-2H3. The smallest absolute Gasteiger partial charge is 0.229 e. The maximum absolute atomic E-state index is 5.53. The molecule has 2 rings (SSSR count). The molecule has 16 heavy (non-hydrogen) atoms. The third-order valence-corrected chi connectivity index (χ3v) is 2.38. The van der Waals surface area contributed by atoms with E-state index in [1.54, 1.807) is 0 Å². The van der Waals surface area contributed by atoms with Crippen LogP contribution in [0.3, 0.4) is 0 Å². The normalized spacial score (nSPS) is 11.0. The van der Waals surface area contributed by atoms with E-state index in [4.69, 9.17) is 10.3 Å². The van der Waals surface area contributed by atoms with Gasteiger partial charge in [-0.3, -0.25) is 0 Å². The quantitative estimate of drug-likeness (QED) is 0.856. The number of benzene rings is 1. The molecule has 1 heterocycles. The Morgan fingerprint density at radius 1 is 1.25 bits per heavy atom. The van der Waals surface area contributed by atoms with Crippen molar-refractivity contribution in [1.82, 2.24) is 10.1 Å². The van der Waals surface area contributed by atoms with Gasteiger partial charge in [-0.2, -0.15) is 4.98 Å². The predicted octanol–water partition coefficient (Wildman–Crippen LogP) is 2.32. The molecule has 0 aliphatic heterocycles. The summed E-state index contributed by atoms with van der Waals surface area (Å²) in [7, 11) is 0. The maximum Gasteiger partial charge on any atom is 0.229 e. The Morgan fingerprint density at radius 2 is 1.94 bits per heavy atom. The summed E-state index contributed by atoms with van der Waals surface area (Å²) in [5.41, 5.74) is 7.58. The first-order valence-electron chi connectivity index (χ1n) is 5.33. The molecule has 1 aromatic heterocycles. The molecule has 0 aliphatic carbocycles. The Bertz CT molecular complexity index is 459. The van der Waals surface area contributed by atoms with Crippen molar-refractivity contribution >= 4 is 0 Å². The van der Waals surface area contributed by atoms with Crippen LogP contribution in [-0.4, -0.2) is 10.1 Å². The van der Waals surface area contributed by atoms with Crippen molar-refractivity contribution < 1.29 is 4.52 Å². The van der Waals surface area contributed by atoms with Crippen LogP contribution in [0.5, 0.6) is 0 Å². The van der Waals surface area contributed by atoms with Gasteiger partial charge in [-0.1, -0.05) is 43.3 Å². The minimum Gasteiger partial charge on any atom is -0.339 e. The zero-order valence-corrected chi connectivity index (χ0v) is 9.47. The van der Waals surface area contributed by atoms with Gasteiger partial charge < -0.3 is 10.3 Å². The highest BCUT2D eigenvalue weighted by molar-refractivity contribution is 5.54. The molecule has 2 N–H and O–H groups in total. The van der Waals surface area contributed by atoms with Crippen molar-refractivity contribution in [2.75, 3.05) is 0 Å². The third kappa shape index (κ3) is 2.12. The second kappa shape index (κ2) is 4.45. The molecule has 0 amide bonds. The lowest BCUT2D eigenvalue weighted by molar-refractivity contribution is 0.365. The minimum absolute atomic E-state index is 0.254. The van der Waals surface area contributed by atoms with Gasteiger partial charge in [0.2, 0.25) is 11.7 Å². The van der Waals surface area contributed by atoms with Crippen LogP contribution in [0.15, 0.2) is 28.8 Å². The van der Waals surface area contributed by atoms with E-state index >= 15 is 0 Å². The second-order valence-corrected chi connectivity index (χ2v) is 4.01. The summed E-state index contributed by atoms with van der Waals surface area (Å²) in [5.74, 6) is 1.55. The van der Waals surface area contributed by atoms with Crippen molar-refractivity contribution in [3.8, 4) is 11.4 Å². The lowest BCUT2D eigenvalue weighted by Crippen LogP contribution is -1.95. The van der Waals surface area contributed by atoms with Gasteiger partial charge in [0.15, 0.2) is 0 Å². The molecule has 0 aliphatic rings. The Labute approximate surface area is 94.5 Å². The fourth-order valence-corrected chi connectivity index (χ4v) is 1.38. The molecule has 4 heteroatoms. The van der Waals surface area contributed by atoms with Gasteiger partial charge in [-0.05, 0) is 5.56 Å². The van der Waals surface area contributed by atoms with Crippen molar-refractivity contribution in [1.29, 1.82) is 0 Å². The average Bonchev–Trinajstić information content (AvgIpc) is 2.78. The monoisotopic (exact) mass is 217 g/mol. The predicted molar refractivity (Wildman–Crippen MR) is 61.7 cm³/mol. The molecule has 0 saturated carbocycles. The van der Waals surface area contributed by atoms with Crippen molar-refractivity contribution in [2.24, 2.45) is 5.73 Å². The van der Waals surface area contributed by atoms with Crippen LogP contribution in [0.25, 0.3) is 11.4 Å². The Kier molecular flexibility index (Phi) is 3.01. The maximum atomic E-state index is 5.53. The van der Waals surface area contributed by atoms with Crippen LogP contribution in [0.4, 0.5) is 0 Å². The van der Waals surface area contributed by atoms with E-state index in [9.17, 15) is 0 Å². The molecule has 84 valence electrons. The molecule has 0 fully saturated rings. The summed E-state index contributed by atoms with van der Waals surface area (Å²) in [4.78, 5) is 4.33. The van der Waals surface area contributed by atoms with E-state index < -0.39 is 0 Å². The van der Waals surface area contributed by atoms with Crippen LogP contribution in [0, 0.1) is 0 Å². The van der Waals surface area contributed by atoms with Gasteiger partial charge in [-0.15, -0.1) is 0 Å². The van der Waals surface area contributed by atoms with Gasteiger partial charge in [0.05, 0.1) is 0 Å². The van der Waals surface area contributed by atoms with Crippen LogP contribution in [0.2, 0.25) is 0 Å². The SMILES string of the molecule is CC(C)c1nc(-c2ccc(CN)cc2)no1. The summed E-state index contributed by atoms with van der Waals surface area (Å²) in [5, 5.41) is 3.95. The number of rotatable bonds is 3. The first-order valence-corrected chi connectivity index (χ1v) is 5.33. The van der Waals surface area contributed by atoms with Gasteiger partial charge in [-0.25, -0.2) is 0 Å². The molecule has 0 bridgehead atoms. The fourth-order valence-electron chi connectivity index (χ4n) is 1.38. The largest absolute Gasteiger partial charge is 0.339 e. The number of nitrogens with zero attached hydrogens (tertiary/aromatic N) is 2. The number of hydrogen-bond donors (Lipinski definition) is 1. The zero-order chi connectivity index (χ0) is 11.5. The summed E-state index contributed by atoms with van der Waals surface area (Å²) in [6.07, 6.45) is 0. The highest BCUT2D eigenvalue weighted by Gasteiger charge is 2.10. The molecule has 0 spiro atoms. The van der Waals surface area contributed by atoms with Crippen molar-refractivity contribution in [3.63, 3.8) is 0 Å². The summed E-state index contributed by atoms with van der Waals surface area (Å²) in [6.45, 7) is 4.59. The lowest BCUT2D eigenvalue weighted by Gasteiger charge is -1.97. The van der Waals surface area contributed by atoms with E-state index in [-0.39, 0.29) is 5.92 Å². The van der Waals surface area contributed by atoms with E-state index in [1.165, 1.54) is 0 Å². The van der Waals surface area contributed by atoms with Gasteiger partial charge in [0.25, 0.3) is 0 Å². The number of aromatic nitrogens is 2. The Hall–Kier alpha value is -1.68. The topological polar surface area (TPSA) is 64.9 Å². The molecule has 0 unspecified atom stereocenters. The highest BCUT2D eigenvalue weighted by atomic mass is 16.5. The van der Waals surface area contributed by atoms with Crippen LogP contribution in [-0.2, 0) is 6.54 Å². The van der Waals surface area contributed by atoms with Crippen LogP contribution < -0.4 is 5.73 Å². The van der Waals surface area contributed by atoms with E-state index in [2.05, 4.69) is 10.1 Å².